The van der Waals surface area contributed by atoms with Crippen LogP contribution in [0.25, 0.3) is 0 Å². The van der Waals surface area contributed by atoms with Crippen LogP contribution in [0.15, 0.2) is 0 Å². The van der Waals surface area contributed by atoms with E-state index in [2.05, 4.69) is 23.9 Å². The van der Waals surface area contributed by atoms with E-state index in [1.807, 2.05) is 0 Å². The Bertz CT molecular complexity index is 121. The second-order valence-electron chi connectivity index (χ2n) is 3.77. The van der Waals surface area contributed by atoms with E-state index in [0.29, 0.717) is 0 Å². The van der Waals surface area contributed by atoms with Gasteiger partial charge in [-0.15, -0.1) is 0 Å². The van der Waals surface area contributed by atoms with Gasteiger partial charge in [-0.3, -0.25) is 4.90 Å². The van der Waals surface area contributed by atoms with Crippen LogP contribution in [-0.4, -0.2) is 49.1 Å². The molecule has 2 aliphatic rings. The molecule has 0 saturated carbocycles. The maximum Gasteiger partial charge on any atom is 0.0224 e. The Morgan fingerprint density at radius 3 is 2.00 bits per heavy atom. The van der Waals surface area contributed by atoms with E-state index in [4.69, 9.17) is 0 Å². The quantitative estimate of drug-likeness (QED) is 0.480. The van der Waals surface area contributed by atoms with Crippen LogP contribution in [0.4, 0.5) is 0 Å². The van der Waals surface area contributed by atoms with E-state index in [9.17, 15) is 0 Å². The molecule has 2 rings (SSSR count). The van der Waals surface area contributed by atoms with Crippen molar-refractivity contribution in [1.29, 1.82) is 0 Å². The zero-order valence-corrected chi connectivity index (χ0v) is 6.88. The largest absolute Gasteiger partial charge is 0.303 e. The molecule has 0 radical (unpaired) electrons. The number of hydrogen-bond acceptors (Lipinski definition) is 2. The summed E-state index contributed by atoms with van der Waals surface area (Å²) in [7, 11) is 4.51. The zero-order valence-electron chi connectivity index (χ0n) is 6.88. The number of likely N-dealkylation sites (tertiary alicyclic amines) is 1. The van der Waals surface area contributed by atoms with Crippen molar-refractivity contribution in [2.75, 3.05) is 27.2 Å². The number of fused-ring (bicyclic) bond motifs is 2. The first-order valence-corrected chi connectivity index (χ1v) is 4.18. The molecule has 2 saturated heterocycles. The molecule has 2 fully saturated rings. The molecule has 2 bridgehead atoms. The van der Waals surface area contributed by atoms with Crippen molar-refractivity contribution < 1.29 is 0 Å². The molecule has 0 N–H and O–H groups in total. The summed E-state index contributed by atoms with van der Waals surface area (Å²) in [6, 6.07) is 1.73. The van der Waals surface area contributed by atoms with Crippen molar-refractivity contribution in [3.8, 4) is 0 Å². The second kappa shape index (κ2) is 2.21. The summed E-state index contributed by atoms with van der Waals surface area (Å²) in [6.07, 6.45) is 2.84. The van der Waals surface area contributed by atoms with Gasteiger partial charge in [-0.2, -0.15) is 0 Å². The fourth-order valence-electron chi connectivity index (χ4n) is 2.32. The van der Waals surface area contributed by atoms with E-state index in [1.165, 1.54) is 25.9 Å². The van der Waals surface area contributed by atoms with Crippen LogP contribution >= 0.6 is 0 Å². The Morgan fingerprint density at radius 1 is 1.00 bits per heavy atom. The van der Waals surface area contributed by atoms with Gasteiger partial charge in [-0.1, -0.05) is 0 Å². The summed E-state index contributed by atoms with van der Waals surface area (Å²) in [5.74, 6) is 0. The van der Waals surface area contributed by atoms with Crippen molar-refractivity contribution in [3.63, 3.8) is 0 Å². The number of nitrogens with zero attached hydrogens (tertiary/aromatic N) is 2. The predicted molar refractivity (Wildman–Crippen MR) is 42.1 cm³/mol. The highest BCUT2D eigenvalue weighted by Crippen LogP contribution is 2.27. The highest BCUT2D eigenvalue weighted by atomic mass is 15.3. The first-order chi connectivity index (χ1) is 4.77. The molecule has 0 spiro atoms. The molecule has 0 amide bonds. The molecular weight excluding hydrogens is 124 g/mol. The van der Waals surface area contributed by atoms with Crippen LogP contribution in [0.3, 0.4) is 0 Å². The van der Waals surface area contributed by atoms with Crippen LogP contribution in [0.5, 0.6) is 0 Å². The minimum Gasteiger partial charge on any atom is -0.303 e. The van der Waals surface area contributed by atoms with Gasteiger partial charge in [0.2, 0.25) is 0 Å². The molecule has 58 valence electrons. The van der Waals surface area contributed by atoms with E-state index < -0.39 is 0 Å². The van der Waals surface area contributed by atoms with E-state index in [0.717, 1.165) is 12.1 Å². The van der Waals surface area contributed by atoms with Crippen LogP contribution in [0.1, 0.15) is 12.8 Å². The zero-order chi connectivity index (χ0) is 7.14. The van der Waals surface area contributed by atoms with Gasteiger partial charge >= 0.3 is 0 Å². The smallest absolute Gasteiger partial charge is 0.0224 e. The Labute approximate surface area is 62.8 Å². The van der Waals surface area contributed by atoms with Gasteiger partial charge in [0.25, 0.3) is 0 Å². The Hall–Kier alpha value is -0.0800. The van der Waals surface area contributed by atoms with Crippen LogP contribution in [0, 0.1) is 0 Å². The first kappa shape index (κ1) is 6.62. The Morgan fingerprint density at radius 2 is 1.50 bits per heavy atom. The molecule has 0 aromatic rings. The van der Waals surface area contributed by atoms with Gasteiger partial charge in [0, 0.05) is 25.2 Å². The molecule has 0 aromatic heterocycles. The van der Waals surface area contributed by atoms with Crippen LogP contribution in [-0.2, 0) is 0 Å². The predicted octanol–water partition coefficient (Wildman–Crippen LogP) is 0.395. The van der Waals surface area contributed by atoms with Gasteiger partial charge in [-0.05, 0) is 26.9 Å². The third-order valence-electron chi connectivity index (χ3n) is 3.03. The maximum absolute atomic E-state index is 2.56. The van der Waals surface area contributed by atoms with Gasteiger partial charge in [0.05, 0.1) is 0 Å². The average Bonchev–Trinajstić information content (AvgIpc) is 2.20. The molecule has 2 nitrogen and oxygen atoms in total. The monoisotopic (exact) mass is 140 g/mol. The molecule has 2 aliphatic heterocycles. The summed E-state index contributed by atoms with van der Waals surface area (Å²) in [5, 5.41) is 0. The van der Waals surface area contributed by atoms with Crippen LogP contribution < -0.4 is 0 Å². The highest BCUT2D eigenvalue weighted by molar-refractivity contribution is 4.92. The summed E-state index contributed by atoms with van der Waals surface area (Å²) in [5.41, 5.74) is 0. The van der Waals surface area contributed by atoms with Crippen molar-refractivity contribution in [2.45, 2.75) is 24.9 Å². The van der Waals surface area contributed by atoms with Crippen molar-refractivity contribution in [3.05, 3.63) is 0 Å². The van der Waals surface area contributed by atoms with Crippen LogP contribution in [0.2, 0.25) is 0 Å². The van der Waals surface area contributed by atoms with Crippen molar-refractivity contribution in [1.82, 2.24) is 9.80 Å². The van der Waals surface area contributed by atoms with E-state index in [-0.39, 0.29) is 0 Å². The van der Waals surface area contributed by atoms with Crippen molar-refractivity contribution in [2.24, 2.45) is 0 Å². The maximum atomic E-state index is 2.56. The lowest BCUT2D eigenvalue weighted by atomic mass is 10.2. The highest BCUT2D eigenvalue weighted by Gasteiger charge is 2.35. The minimum atomic E-state index is 0.865. The molecular formula is C8H16N2. The van der Waals surface area contributed by atoms with Crippen molar-refractivity contribution >= 4 is 0 Å². The molecule has 10 heavy (non-hydrogen) atoms. The van der Waals surface area contributed by atoms with E-state index >= 15 is 0 Å². The normalized spacial score (nSPS) is 42.6. The third-order valence-corrected chi connectivity index (χ3v) is 3.03. The minimum absolute atomic E-state index is 0.865. The lowest BCUT2D eigenvalue weighted by Crippen LogP contribution is -2.50. The fourth-order valence-corrected chi connectivity index (χ4v) is 2.32. The summed E-state index contributed by atoms with van der Waals surface area (Å²) >= 11 is 0. The SMILES string of the molecule is CN1CC2CC[C@@H](C1)N2C. The topological polar surface area (TPSA) is 6.48 Å². The third kappa shape index (κ3) is 0.867. The Balaban J connectivity index is 2.09. The number of piperazine rings is 1. The van der Waals surface area contributed by atoms with Gasteiger partial charge in [-0.25, -0.2) is 0 Å². The number of rotatable bonds is 0. The first-order valence-electron chi connectivity index (χ1n) is 4.18. The molecule has 2 heteroatoms. The molecule has 0 aromatic carbocycles. The van der Waals surface area contributed by atoms with Gasteiger partial charge in [0.1, 0.15) is 0 Å². The standard InChI is InChI=1S/C8H16N2/c1-9-5-7-3-4-8(6-9)10(7)2/h7-8H,3-6H2,1-2H3/t7-,8?/m0/s1. The molecule has 2 atom stereocenters. The lowest BCUT2D eigenvalue weighted by Gasteiger charge is -2.36. The van der Waals surface area contributed by atoms with Gasteiger partial charge in [0.15, 0.2) is 0 Å². The number of hydrogen-bond donors (Lipinski definition) is 0. The fraction of sp³-hybridized carbons (Fsp3) is 1.00. The Kier molecular flexibility index (Phi) is 1.46. The van der Waals surface area contributed by atoms with E-state index in [1.54, 1.807) is 0 Å². The second-order valence-corrected chi connectivity index (χ2v) is 3.77. The molecule has 2 heterocycles. The summed E-state index contributed by atoms with van der Waals surface area (Å²) in [6.45, 7) is 2.57. The number of likely N-dealkylation sites (N-methyl/N-ethyl adjacent to an activating group) is 2. The summed E-state index contributed by atoms with van der Waals surface area (Å²) in [4.78, 5) is 5.02. The molecule has 1 unspecified atom stereocenters. The summed E-state index contributed by atoms with van der Waals surface area (Å²) < 4.78 is 0. The average molecular weight is 140 g/mol. The van der Waals surface area contributed by atoms with Gasteiger partial charge < -0.3 is 4.90 Å². The molecule has 0 aliphatic carbocycles. The lowest BCUT2D eigenvalue weighted by molar-refractivity contribution is 0.107.